The van der Waals surface area contributed by atoms with Crippen LogP contribution in [-0.4, -0.2) is 45.8 Å². The van der Waals surface area contributed by atoms with Crippen LogP contribution in [0.5, 0.6) is 0 Å². The molecule has 0 spiro atoms. The lowest BCUT2D eigenvalue weighted by atomic mass is 10.3. The largest absolute Gasteiger partial charge is 0.330 e. The lowest BCUT2D eigenvalue weighted by Gasteiger charge is -2.06. The molecule has 0 saturated heterocycles. The first-order valence-corrected chi connectivity index (χ1v) is 6.74. The fraction of sp³-hybridized carbons (Fsp3) is 1.00. The SMILES string of the molecule is CCNCCCNCCCNCCCCN. The van der Waals surface area contributed by atoms with E-state index in [-0.39, 0.29) is 0 Å². The van der Waals surface area contributed by atoms with Crippen LogP contribution >= 0.6 is 0 Å². The van der Waals surface area contributed by atoms with Crippen LogP contribution in [-0.2, 0) is 0 Å². The standard InChI is InChI=1S/C12H30N4/c1-2-14-9-5-10-16-12-6-11-15-8-4-3-7-13/h14-16H,2-13H2,1H3. The molecule has 0 aromatic carbocycles. The van der Waals surface area contributed by atoms with Crippen LogP contribution in [0.3, 0.4) is 0 Å². The van der Waals surface area contributed by atoms with Crippen LogP contribution in [0.15, 0.2) is 0 Å². The minimum absolute atomic E-state index is 0.815. The van der Waals surface area contributed by atoms with E-state index >= 15 is 0 Å². The number of unbranched alkanes of at least 4 members (excludes halogenated alkanes) is 1. The summed E-state index contributed by atoms with van der Waals surface area (Å²) in [6, 6.07) is 0. The van der Waals surface area contributed by atoms with Gasteiger partial charge in [-0.2, -0.15) is 0 Å². The van der Waals surface area contributed by atoms with Crippen LogP contribution in [0.4, 0.5) is 0 Å². The van der Waals surface area contributed by atoms with E-state index in [0.717, 1.165) is 52.2 Å². The summed E-state index contributed by atoms with van der Waals surface area (Å²) in [6.45, 7) is 9.63. The van der Waals surface area contributed by atoms with Gasteiger partial charge in [0.1, 0.15) is 0 Å². The van der Waals surface area contributed by atoms with Gasteiger partial charge in [-0.3, -0.25) is 0 Å². The van der Waals surface area contributed by atoms with Crippen LogP contribution in [0.2, 0.25) is 0 Å². The van der Waals surface area contributed by atoms with Crippen molar-refractivity contribution in [2.24, 2.45) is 5.73 Å². The smallest absolute Gasteiger partial charge is 0.00368 e. The third kappa shape index (κ3) is 13.8. The molecule has 0 rings (SSSR count). The molecule has 5 N–H and O–H groups in total. The highest BCUT2D eigenvalue weighted by Crippen LogP contribution is 1.83. The second-order valence-electron chi connectivity index (χ2n) is 4.06. The molecule has 0 aromatic heterocycles. The fourth-order valence-corrected chi connectivity index (χ4v) is 1.50. The van der Waals surface area contributed by atoms with Crippen molar-refractivity contribution in [2.45, 2.75) is 32.6 Å². The number of nitrogens with one attached hydrogen (secondary N) is 3. The maximum absolute atomic E-state index is 5.42. The zero-order valence-corrected chi connectivity index (χ0v) is 10.9. The Labute approximate surface area is 101 Å². The molecule has 0 radical (unpaired) electrons. The molecule has 0 aliphatic carbocycles. The van der Waals surface area contributed by atoms with Crippen molar-refractivity contribution in [3.63, 3.8) is 0 Å². The third-order valence-electron chi connectivity index (χ3n) is 2.47. The van der Waals surface area contributed by atoms with Gasteiger partial charge in [0, 0.05) is 0 Å². The normalized spacial score (nSPS) is 10.9. The monoisotopic (exact) mass is 230 g/mol. The van der Waals surface area contributed by atoms with Gasteiger partial charge in [-0.25, -0.2) is 0 Å². The van der Waals surface area contributed by atoms with E-state index in [1.54, 1.807) is 0 Å². The summed E-state index contributed by atoms with van der Waals surface area (Å²) in [7, 11) is 0. The van der Waals surface area contributed by atoms with Crippen molar-refractivity contribution in [1.82, 2.24) is 16.0 Å². The average molecular weight is 230 g/mol. The van der Waals surface area contributed by atoms with Crippen LogP contribution in [0, 0.1) is 0 Å². The highest BCUT2D eigenvalue weighted by Gasteiger charge is 1.90. The molecule has 0 amide bonds. The van der Waals surface area contributed by atoms with E-state index in [1.165, 1.54) is 19.3 Å². The molecule has 0 unspecified atom stereocenters. The number of hydrogen-bond acceptors (Lipinski definition) is 4. The van der Waals surface area contributed by atoms with Gasteiger partial charge in [-0.1, -0.05) is 6.92 Å². The Morgan fingerprint density at radius 2 is 1.19 bits per heavy atom. The van der Waals surface area contributed by atoms with E-state index < -0.39 is 0 Å². The van der Waals surface area contributed by atoms with E-state index in [4.69, 9.17) is 5.73 Å². The molecule has 0 bridgehead atoms. The van der Waals surface area contributed by atoms with Crippen molar-refractivity contribution in [2.75, 3.05) is 45.8 Å². The van der Waals surface area contributed by atoms with Gasteiger partial charge in [0.25, 0.3) is 0 Å². The molecule has 0 saturated carbocycles. The fourth-order valence-electron chi connectivity index (χ4n) is 1.50. The number of rotatable bonds is 13. The Morgan fingerprint density at radius 3 is 1.69 bits per heavy atom. The summed E-state index contributed by atoms with van der Waals surface area (Å²) in [5.41, 5.74) is 5.42. The maximum Gasteiger partial charge on any atom is -0.00368 e. The van der Waals surface area contributed by atoms with Gasteiger partial charge >= 0.3 is 0 Å². The molecule has 0 aliphatic heterocycles. The molecule has 0 atom stereocenters. The van der Waals surface area contributed by atoms with Gasteiger partial charge < -0.3 is 21.7 Å². The summed E-state index contributed by atoms with van der Waals surface area (Å²) in [5.74, 6) is 0. The quantitative estimate of drug-likeness (QED) is 0.344. The van der Waals surface area contributed by atoms with Crippen molar-refractivity contribution >= 4 is 0 Å². The second-order valence-corrected chi connectivity index (χ2v) is 4.06. The Bertz CT molecular complexity index is 106. The predicted molar refractivity (Wildman–Crippen MR) is 71.8 cm³/mol. The van der Waals surface area contributed by atoms with Crippen molar-refractivity contribution in [3.05, 3.63) is 0 Å². The summed E-state index contributed by atoms with van der Waals surface area (Å²) in [6.07, 6.45) is 4.77. The Kier molecular flexibility index (Phi) is 14.7. The van der Waals surface area contributed by atoms with E-state index in [1.807, 2.05) is 0 Å². The van der Waals surface area contributed by atoms with Crippen LogP contribution in [0.1, 0.15) is 32.6 Å². The van der Waals surface area contributed by atoms with Crippen molar-refractivity contribution in [1.29, 1.82) is 0 Å². The Morgan fingerprint density at radius 1 is 0.688 bits per heavy atom. The molecule has 0 aromatic rings. The van der Waals surface area contributed by atoms with Crippen molar-refractivity contribution in [3.8, 4) is 0 Å². The lowest BCUT2D eigenvalue weighted by Crippen LogP contribution is -2.25. The Hall–Kier alpha value is -0.160. The second kappa shape index (κ2) is 14.8. The molecule has 16 heavy (non-hydrogen) atoms. The lowest BCUT2D eigenvalue weighted by molar-refractivity contribution is 0.560. The minimum Gasteiger partial charge on any atom is -0.330 e. The van der Waals surface area contributed by atoms with Gasteiger partial charge in [0.05, 0.1) is 0 Å². The van der Waals surface area contributed by atoms with E-state index in [0.29, 0.717) is 0 Å². The van der Waals surface area contributed by atoms with E-state index in [9.17, 15) is 0 Å². The summed E-state index contributed by atoms with van der Waals surface area (Å²) in [5, 5.41) is 10.2. The molecule has 0 fully saturated rings. The van der Waals surface area contributed by atoms with Gasteiger partial charge in [-0.15, -0.1) is 0 Å². The molecular formula is C12H30N4. The zero-order valence-electron chi connectivity index (χ0n) is 10.9. The highest BCUT2D eigenvalue weighted by atomic mass is 14.9. The van der Waals surface area contributed by atoms with Crippen molar-refractivity contribution < 1.29 is 0 Å². The molecule has 0 heterocycles. The average Bonchev–Trinajstić information content (AvgIpc) is 2.31. The Balaban J connectivity index is 2.83. The molecule has 98 valence electrons. The van der Waals surface area contributed by atoms with Gasteiger partial charge in [0.2, 0.25) is 0 Å². The van der Waals surface area contributed by atoms with Gasteiger partial charge in [-0.05, 0) is 71.5 Å². The molecule has 0 aliphatic rings. The van der Waals surface area contributed by atoms with Crippen LogP contribution in [0.25, 0.3) is 0 Å². The minimum atomic E-state index is 0.815. The summed E-state index contributed by atoms with van der Waals surface area (Å²) in [4.78, 5) is 0. The predicted octanol–water partition coefficient (Wildman–Crippen LogP) is 0.294. The number of hydrogen-bond donors (Lipinski definition) is 4. The first-order chi connectivity index (χ1) is 7.91. The molecule has 4 heteroatoms. The molecular weight excluding hydrogens is 200 g/mol. The number of nitrogens with two attached hydrogens (primary N) is 1. The summed E-state index contributed by atoms with van der Waals surface area (Å²) < 4.78 is 0. The van der Waals surface area contributed by atoms with Crippen LogP contribution < -0.4 is 21.7 Å². The topological polar surface area (TPSA) is 62.1 Å². The van der Waals surface area contributed by atoms with Gasteiger partial charge in [0.15, 0.2) is 0 Å². The first-order valence-electron chi connectivity index (χ1n) is 6.74. The maximum atomic E-state index is 5.42. The first kappa shape index (κ1) is 15.8. The highest BCUT2D eigenvalue weighted by molar-refractivity contribution is 4.54. The van der Waals surface area contributed by atoms with E-state index in [2.05, 4.69) is 22.9 Å². The summed E-state index contributed by atoms with van der Waals surface area (Å²) >= 11 is 0. The zero-order chi connectivity index (χ0) is 11.9. The third-order valence-corrected chi connectivity index (χ3v) is 2.47. The molecule has 4 nitrogen and oxygen atoms in total.